The number of aromatic nitrogens is 1. The van der Waals surface area contributed by atoms with E-state index < -0.39 is 56.0 Å². The van der Waals surface area contributed by atoms with Crippen LogP contribution >= 0.6 is 0 Å². The van der Waals surface area contributed by atoms with Crippen molar-refractivity contribution in [1.82, 2.24) is 19.5 Å². The standard InChI is InChI=1S/C22H27F2N5O5S/c1-4-25-21(31)22(32)29-9-7-14(8-10-29)27-35(33,34)17-12-28(3)19(18(17)24)20(30)26-15-5-6-16(23)13(2)11-15/h5-6,11-12,14,27H,4,7-10H2,1-3H3,(H,25,31)(H,26,30). The minimum absolute atomic E-state index is 0.158. The Bertz CT molecular complexity index is 1250. The molecule has 0 bridgehead atoms. The third-order valence-corrected chi connectivity index (χ3v) is 7.15. The summed E-state index contributed by atoms with van der Waals surface area (Å²) in [7, 11) is -3.00. The molecule has 1 fully saturated rings. The molecule has 0 radical (unpaired) electrons. The Balaban J connectivity index is 1.69. The van der Waals surface area contributed by atoms with Gasteiger partial charge < -0.3 is 20.1 Å². The molecule has 3 rings (SSSR count). The normalized spacial score (nSPS) is 14.6. The number of nitrogens with one attached hydrogen (secondary N) is 3. The fraction of sp³-hybridized carbons (Fsp3) is 0.409. The third kappa shape index (κ3) is 5.85. The number of anilines is 1. The van der Waals surface area contributed by atoms with Gasteiger partial charge in [-0.2, -0.15) is 0 Å². The molecule has 3 amide bonds. The molecule has 2 aromatic rings. The predicted octanol–water partition coefficient (Wildman–Crippen LogP) is 1.27. The lowest BCUT2D eigenvalue weighted by atomic mass is 10.1. The number of carbonyl (C=O) groups excluding carboxylic acids is 3. The molecule has 0 unspecified atom stereocenters. The maximum absolute atomic E-state index is 15.1. The molecule has 2 heterocycles. The predicted molar refractivity (Wildman–Crippen MR) is 123 cm³/mol. The second-order valence-corrected chi connectivity index (χ2v) is 9.91. The van der Waals surface area contributed by atoms with Gasteiger partial charge in [0.15, 0.2) is 5.82 Å². The number of carbonyl (C=O) groups is 3. The molecule has 1 aliphatic rings. The van der Waals surface area contributed by atoms with Crippen molar-refractivity contribution in [2.24, 2.45) is 7.05 Å². The first-order valence-corrected chi connectivity index (χ1v) is 12.4. The first kappa shape index (κ1) is 26.3. The number of hydrogen-bond acceptors (Lipinski definition) is 5. The van der Waals surface area contributed by atoms with E-state index in [2.05, 4.69) is 15.4 Å². The summed E-state index contributed by atoms with van der Waals surface area (Å²) in [5, 5.41) is 4.86. The molecule has 1 aliphatic heterocycles. The van der Waals surface area contributed by atoms with Gasteiger partial charge in [0, 0.05) is 44.6 Å². The highest BCUT2D eigenvalue weighted by Crippen LogP contribution is 2.23. The molecule has 1 aromatic heterocycles. The average molecular weight is 512 g/mol. The van der Waals surface area contributed by atoms with Crippen LogP contribution in [0.4, 0.5) is 14.5 Å². The van der Waals surface area contributed by atoms with Gasteiger partial charge in [0.1, 0.15) is 16.4 Å². The molecule has 1 aromatic carbocycles. The number of nitrogens with zero attached hydrogens (tertiary/aromatic N) is 2. The van der Waals surface area contributed by atoms with E-state index in [1.54, 1.807) is 6.92 Å². The SMILES string of the molecule is CCNC(=O)C(=O)N1CCC(NS(=O)(=O)c2cn(C)c(C(=O)Nc3ccc(F)c(C)c3)c2F)CC1. The monoisotopic (exact) mass is 511 g/mol. The third-order valence-electron chi connectivity index (χ3n) is 5.64. The lowest BCUT2D eigenvalue weighted by Crippen LogP contribution is -2.50. The lowest BCUT2D eigenvalue weighted by Gasteiger charge is -2.31. The fourth-order valence-corrected chi connectivity index (χ4v) is 5.22. The Morgan fingerprint density at radius 2 is 1.80 bits per heavy atom. The summed E-state index contributed by atoms with van der Waals surface area (Å²) in [4.78, 5) is 37.1. The Labute approximate surface area is 201 Å². The molecule has 3 N–H and O–H groups in total. The van der Waals surface area contributed by atoms with Crippen LogP contribution < -0.4 is 15.4 Å². The first-order valence-electron chi connectivity index (χ1n) is 11.0. The van der Waals surface area contributed by atoms with Gasteiger partial charge in [-0.05, 0) is 50.5 Å². The summed E-state index contributed by atoms with van der Waals surface area (Å²) >= 11 is 0. The number of likely N-dealkylation sites (tertiary alicyclic amines) is 1. The zero-order valence-electron chi connectivity index (χ0n) is 19.5. The van der Waals surface area contributed by atoms with Crippen molar-refractivity contribution >= 4 is 33.4 Å². The summed E-state index contributed by atoms with van der Waals surface area (Å²) in [6, 6.07) is 3.25. The lowest BCUT2D eigenvalue weighted by molar-refractivity contribution is -0.146. The summed E-state index contributed by atoms with van der Waals surface area (Å²) in [6.07, 6.45) is 1.46. The quantitative estimate of drug-likeness (QED) is 0.503. The van der Waals surface area contributed by atoms with Crippen LogP contribution in [-0.2, 0) is 26.7 Å². The molecule has 0 atom stereocenters. The van der Waals surface area contributed by atoms with Crippen LogP contribution in [0.3, 0.4) is 0 Å². The van der Waals surface area contributed by atoms with Gasteiger partial charge in [-0.1, -0.05) is 0 Å². The van der Waals surface area contributed by atoms with Crippen molar-refractivity contribution in [3.8, 4) is 0 Å². The molecule has 35 heavy (non-hydrogen) atoms. The van der Waals surface area contributed by atoms with E-state index in [0.29, 0.717) is 6.54 Å². The van der Waals surface area contributed by atoms with Crippen molar-refractivity contribution < 1.29 is 31.6 Å². The molecule has 1 saturated heterocycles. The molecule has 190 valence electrons. The molecule has 10 nitrogen and oxygen atoms in total. The topological polar surface area (TPSA) is 130 Å². The van der Waals surface area contributed by atoms with Crippen LogP contribution in [-0.4, -0.2) is 61.3 Å². The van der Waals surface area contributed by atoms with Crippen molar-refractivity contribution in [1.29, 1.82) is 0 Å². The van der Waals surface area contributed by atoms with Gasteiger partial charge in [-0.3, -0.25) is 14.4 Å². The van der Waals surface area contributed by atoms with Crippen LogP contribution in [0.1, 0.15) is 35.8 Å². The van der Waals surface area contributed by atoms with E-state index in [1.807, 2.05) is 0 Å². The number of amides is 3. The second kappa shape index (κ2) is 10.5. The number of halogens is 2. The van der Waals surface area contributed by atoms with E-state index in [-0.39, 0.29) is 37.2 Å². The van der Waals surface area contributed by atoms with E-state index in [1.165, 1.54) is 31.0 Å². The molecule has 0 spiro atoms. The number of rotatable bonds is 6. The number of sulfonamides is 1. The highest BCUT2D eigenvalue weighted by atomic mass is 32.2. The molecule has 13 heteroatoms. The van der Waals surface area contributed by atoms with Crippen molar-refractivity contribution in [2.45, 2.75) is 37.6 Å². The maximum Gasteiger partial charge on any atom is 0.311 e. The molecule has 0 saturated carbocycles. The van der Waals surface area contributed by atoms with Crippen LogP contribution in [0.15, 0.2) is 29.3 Å². The van der Waals surface area contributed by atoms with Crippen molar-refractivity contribution in [3.05, 3.63) is 47.3 Å². The van der Waals surface area contributed by atoms with Gasteiger partial charge in [0.2, 0.25) is 10.0 Å². The Hall–Kier alpha value is -3.32. The Morgan fingerprint density at radius 1 is 1.14 bits per heavy atom. The van der Waals surface area contributed by atoms with Gasteiger partial charge in [0.25, 0.3) is 5.91 Å². The van der Waals surface area contributed by atoms with Crippen LogP contribution in [0.5, 0.6) is 0 Å². The highest BCUT2D eigenvalue weighted by Gasteiger charge is 2.33. The van der Waals surface area contributed by atoms with Crippen molar-refractivity contribution in [3.63, 3.8) is 0 Å². The second-order valence-electron chi connectivity index (χ2n) is 8.23. The Kier molecular flexibility index (Phi) is 7.90. The first-order chi connectivity index (χ1) is 16.4. The highest BCUT2D eigenvalue weighted by molar-refractivity contribution is 7.89. The smallest absolute Gasteiger partial charge is 0.311 e. The summed E-state index contributed by atoms with van der Waals surface area (Å²) < 4.78 is 57.8. The van der Waals surface area contributed by atoms with Gasteiger partial charge >= 0.3 is 11.8 Å². The van der Waals surface area contributed by atoms with Crippen LogP contribution in [0.25, 0.3) is 0 Å². The van der Waals surface area contributed by atoms with Crippen molar-refractivity contribution in [2.75, 3.05) is 25.0 Å². The Morgan fingerprint density at radius 3 is 2.40 bits per heavy atom. The average Bonchev–Trinajstić information content (AvgIpc) is 3.11. The number of likely N-dealkylation sites (N-methyl/N-ethyl adjacent to an activating group) is 1. The van der Waals surface area contributed by atoms with Gasteiger partial charge in [-0.25, -0.2) is 21.9 Å². The summed E-state index contributed by atoms with van der Waals surface area (Å²) in [5.41, 5.74) is 0.00187. The van der Waals surface area contributed by atoms with E-state index in [4.69, 9.17) is 0 Å². The van der Waals surface area contributed by atoms with Crippen LogP contribution in [0.2, 0.25) is 0 Å². The minimum Gasteiger partial charge on any atom is -0.348 e. The van der Waals surface area contributed by atoms with E-state index >= 15 is 4.39 Å². The zero-order valence-corrected chi connectivity index (χ0v) is 20.3. The maximum atomic E-state index is 15.1. The van der Waals surface area contributed by atoms with E-state index in [9.17, 15) is 27.2 Å². The zero-order chi connectivity index (χ0) is 25.9. The number of piperidine rings is 1. The van der Waals surface area contributed by atoms with Gasteiger partial charge in [-0.15, -0.1) is 0 Å². The van der Waals surface area contributed by atoms with E-state index in [0.717, 1.165) is 16.8 Å². The summed E-state index contributed by atoms with van der Waals surface area (Å²) in [5.74, 6) is -3.99. The minimum atomic E-state index is -4.33. The number of aryl methyl sites for hydroxylation is 2. The summed E-state index contributed by atoms with van der Waals surface area (Å²) in [6.45, 7) is 3.82. The molecule has 0 aliphatic carbocycles. The fourth-order valence-electron chi connectivity index (χ4n) is 3.79. The number of benzene rings is 1. The molecular formula is C22H27F2N5O5S. The van der Waals surface area contributed by atoms with Gasteiger partial charge in [0.05, 0.1) is 0 Å². The number of hydrogen-bond donors (Lipinski definition) is 3. The largest absolute Gasteiger partial charge is 0.348 e. The molecular weight excluding hydrogens is 484 g/mol. The van der Waals surface area contributed by atoms with Crippen LogP contribution in [0, 0.1) is 18.6 Å².